The molecular formula is C27H35ClN2O5. The number of nitrogens with zero attached hydrogens (tertiary/aromatic N) is 1. The molecule has 8 atom stereocenters. The first-order valence-electron chi connectivity index (χ1n) is 12.4. The summed E-state index contributed by atoms with van der Waals surface area (Å²) in [5.74, 6) is -0.477. The zero-order valence-corrected chi connectivity index (χ0v) is 21.5. The molecule has 1 saturated carbocycles. The SMILES string of the molecule is C=C(C)C1CCC(C)C2C1C=C(C)CC2[C@]12N[C@H](C(=O)O)C[C@@]1(O)c1c(O)ccc(Cl)c1N(C)O2. The lowest BCUT2D eigenvalue weighted by Gasteiger charge is -2.58. The third kappa shape index (κ3) is 3.39. The molecule has 2 aliphatic carbocycles. The van der Waals surface area contributed by atoms with Crippen molar-refractivity contribution in [2.75, 3.05) is 12.1 Å². The second-order valence-electron chi connectivity index (χ2n) is 11.2. The summed E-state index contributed by atoms with van der Waals surface area (Å²) in [6.07, 6.45) is 4.91. The Bertz CT molecular complexity index is 1120. The summed E-state index contributed by atoms with van der Waals surface area (Å²) in [6.45, 7) is 10.7. The molecule has 5 rings (SSSR count). The van der Waals surface area contributed by atoms with Crippen LogP contribution in [0.15, 0.2) is 35.9 Å². The molecule has 0 amide bonds. The predicted molar refractivity (Wildman–Crippen MR) is 134 cm³/mol. The molecule has 2 heterocycles. The summed E-state index contributed by atoms with van der Waals surface area (Å²) in [5, 5.41) is 38.6. The molecule has 1 saturated heterocycles. The number of hydroxylamine groups is 1. The minimum atomic E-state index is -1.81. The van der Waals surface area contributed by atoms with Crippen molar-refractivity contribution in [3.8, 4) is 5.75 Å². The molecule has 1 aromatic rings. The molecule has 35 heavy (non-hydrogen) atoms. The van der Waals surface area contributed by atoms with Crippen molar-refractivity contribution in [3.05, 3.63) is 46.5 Å². The molecule has 0 bridgehead atoms. The lowest BCUT2D eigenvalue weighted by molar-refractivity contribution is -0.245. The van der Waals surface area contributed by atoms with E-state index in [0.29, 0.717) is 29.0 Å². The molecule has 190 valence electrons. The van der Waals surface area contributed by atoms with Gasteiger partial charge in [0, 0.05) is 19.4 Å². The van der Waals surface area contributed by atoms with E-state index in [1.165, 1.54) is 16.7 Å². The fourth-order valence-electron chi connectivity index (χ4n) is 7.66. The molecule has 0 radical (unpaired) electrons. The second-order valence-corrected chi connectivity index (χ2v) is 11.6. The average molecular weight is 503 g/mol. The fourth-order valence-corrected chi connectivity index (χ4v) is 7.94. The molecule has 4 aliphatic rings. The highest BCUT2D eigenvalue weighted by Crippen LogP contribution is 2.63. The van der Waals surface area contributed by atoms with Gasteiger partial charge in [0.05, 0.1) is 16.3 Å². The molecule has 2 aliphatic heterocycles. The van der Waals surface area contributed by atoms with Gasteiger partial charge in [-0.05, 0) is 68.9 Å². The van der Waals surface area contributed by atoms with Gasteiger partial charge in [0.15, 0.2) is 5.72 Å². The number of allylic oxidation sites excluding steroid dienone is 3. The highest BCUT2D eigenvalue weighted by molar-refractivity contribution is 6.33. The van der Waals surface area contributed by atoms with E-state index in [4.69, 9.17) is 16.4 Å². The number of hydrogen-bond donors (Lipinski definition) is 4. The van der Waals surface area contributed by atoms with Crippen molar-refractivity contribution in [1.82, 2.24) is 5.32 Å². The first-order valence-corrected chi connectivity index (χ1v) is 12.8. The predicted octanol–water partition coefficient (Wildman–Crippen LogP) is 4.58. The van der Waals surface area contributed by atoms with E-state index in [1.54, 1.807) is 13.1 Å². The smallest absolute Gasteiger partial charge is 0.320 e. The van der Waals surface area contributed by atoms with Crippen molar-refractivity contribution >= 4 is 23.3 Å². The van der Waals surface area contributed by atoms with Crippen molar-refractivity contribution in [3.63, 3.8) is 0 Å². The quantitative estimate of drug-likeness (QED) is 0.449. The van der Waals surface area contributed by atoms with E-state index >= 15 is 0 Å². The Morgan fingerprint density at radius 2 is 2.06 bits per heavy atom. The molecule has 4 N–H and O–H groups in total. The molecule has 2 fully saturated rings. The number of benzene rings is 1. The summed E-state index contributed by atoms with van der Waals surface area (Å²) >= 11 is 6.50. The second kappa shape index (κ2) is 8.23. The number of aliphatic carboxylic acids is 1. The summed E-state index contributed by atoms with van der Waals surface area (Å²) in [6, 6.07) is 1.94. The van der Waals surface area contributed by atoms with Crippen LogP contribution in [0.5, 0.6) is 5.75 Å². The average Bonchev–Trinajstić information content (AvgIpc) is 3.09. The van der Waals surface area contributed by atoms with Crippen molar-refractivity contribution in [1.29, 1.82) is 0 Å². The minimum Gasteiger partial charge on any atom is -0.507 e. The maximum absolute atomic E-state index is 12.5. The van der Waals surface area contributed by atoms with Gasteiger partial charge in [-0.25, -0.2) is 4.84 Å². The molecule has 0 aromatic heterocycles. The van der Waals surface area contributed by atoms with Crippen molar-refractivity contribution in [2.24, 2.45) is 29.6 Å². The van der Waals surface area contributed by atoms with Gasteiger partial charge in [0.25, 0.3) is 0 Å². The Hall–Kier alpha value is -2.06. The molecule has 8 heteroatoms. The minimum absolute atomic E-state index is 0.122. The molecule has 0 spiro atoms. The van der Waals surface area contributed by atoms with Crippen LogP contribution in [-0.2, 0) is 15.2 Å². The first kappa shape index (κ1) is 24.6. The lowest BCUT2D eigenvalue weighted by atomic mass is 9.54. The summed E-state index contributed by atoms with van der Waals surface area (Å²) < 4.78 is 0. The van der Waals surface area contributed by atoms with Crippen LogP contribution < -0.4 is 10.4 Å². The topological polar surface area (TPSA) is 102 Å². The number of anilines is 1. The van der Waals surface area contributed by atoms with Crippen LogP contribution in [0.1, 0.15) is 52.0 Å². The Labute approximate surface area is 211 Å². The molecule has 1 aromatic carbocycles. The van der Waals surface area contributed by atoms with Crippen LogP contribution in [0.4, 0.5) is 5.69 Å². The van der Waals surface area contributed by atoms with Crippen LogP contribution in [0.2, 0.25) is 5.02 Å². The van der Waals surface area contributed by atoms with Gasteiger partial charge in [0.1, 0.15) is 17.4 Å². The van der Waals surface area contributed by atoms with Gasteiger partial charge in [-0.15, -0.1) is 0 Å². The number of halogens is 1. The third-order valence-corrected chi connectivity index (χ3v) is 9.36. The fraction of sp³-hybridized carbons (Fsp3) is 0.593. The largest absolute Gasteiger partial charge is 0.507 e. The highest BCUT2D eigenvalue weighted by Gasteiger charge is 2.71. The van der Waals surface area contributed by atoms with Crippen LogP contribution in [-0.4, -0.2) is 40.1 Å². The van der Waals surface area contributed by atoms with Crippen LogP contribution in [0.25, 0.3) is 0 Å². The Kier molecular flexibility index (Phi) is 5.79. The Balaban J connectivity index is 1.74. The molecule has 5 unspecified atom stereocenters. The van der Waals surface area contributed by atoms with Gasteiger partial charge in [0.2, 0.25) is 0 Å². The van der Waals surface area contributed by atoms with Crippen molar-refractivity contribution < 1.29 is 25.0 Å². The number of carboxylic acid groups (broad SMARTS) is 1. The number of rotatable bonds is 3. The third-order valence-electron chi connectivity index (χ3n) is 9.05. The normalized spacial score (nSPS) is 40.4. The van der Waals surface area contributed by atoms with E-state index in [-0.39, 0.29) is 35.5 Å². The summed E-state index contributed by atoms with van der Waals surface area (Å²) in [7, 11) is 1.69. The standard InChI is InChI=1S/C27H35ClN2O5/c1-13(2)16-7-6-15(4)22-17(16)10-14(3)11-18(22)27-26(34,12-20(29-27)25(32)33)23-21(31)9-8-19(28)24(23)30(5)35-27/h8-10,15-18,20,22,29,31,34H,1,6-7,11-12H2,2-5H3,(H,32,33)/t15?,16?,17?,18?,20-,22?,26+,27+/m0/s1. The number of hydrogen-bond acceptors (Lipinski definition) is 6. The number of phenolic OH excluding ortho intramolecular Hbond substituents is 1. The van der Waals surface area contributed by atoms with Crippen molar-refractivity contribution in [2.45, 2.75) is 63.8 Å². The molecule has 7 nitrogen and oxygen atoms in total. The Morgan fingerprint density at radius 3 is 2.71 bits per heavy atom. The first-order chi connectivity index (χ1) is 16.4. The Morgan fingerprint density at radius 1 is 1.34 bits per heavy atom. The number of aromatic hydroxyl groups is 1. The van der Waals surface area contributed by atoms with E-state index in [1.807, 2.05) is 0 Å². The van der Waals surface area contributed by atoms with Gasteiger partial charge >= 0.3 is 5.97 Å². The van der Waals surface area contributed by atoms with E-state index in [0.717, 1.165) is 18.4 Å². The van der Waals surface area contributed by atoms with Crippen LogP contribution in [0.3, 0.4) is 0 Å². The number of nitrogens with one attached hydrogen (secondary N) is 1. The maximum atomic E-state index is 12.5. The number of carboxylic acids is 1. The number of aliphatic hydroxyl groups is 1. The molecular weight excluding hydrogens is 468 g/mol. The number of fused-ring (bicyclic) bond motifs is 4. The van der Waals surface area contributed by atoms with Gasteiger partial charge in [-0.2, -0.15) is 0 Å². The van der Waals surface area contributed by atoms with Gasteiger partial charge in [-0.3, -0.25) is 15.2 Å². The maximum Gasteiger partial charge on any atom is 0.320 e. The van der Waals surface area contributed by atoms with E-state index in [9.17, 15) is 20.1 Å². The zero-order chi connectivity index (χ0) is 25.4. The zero-order valence-electron chi connectivity index (χ0n) is 20.7. The van der Waals surface area contributed by atoms with E-state index < -0.39 is 23.3 Å². The number of phenols is 1. The van der Waals surface area contributed by atoms with Gasteiger partial charge in [-0.1, -0.05) is 42.3 Å². The highest BCUT2D eigenvalue weighted by atomic mass is 35.5. The van der Waals surface area contributed by atoms with Gasteiger partial charge < -0.3 is 15.3 Å². The van der Waals surface area contributed by atoms with Crippen LogP contribution in [0, 0.1) is 29.6 Å². The van der Waals surface area contributed by atoms with Crippen LogP contribution >= 0.6 is 11.6 Å². The monoisotopic (exact) mass is 502 g/mol. The summed E-state index contributed by atoms with van der Waals surface area (Å²) in [4.78, 5) is 18.8. The summed E-state index contributed by atoms with van der Waals surface area (Å²) in [5.41, 5.74) is -0.378. The number of carbonyl (C=O) groups is 1. The van der Waals surface area contributed by atoms with E-state index in [2.05, 4.69) is 38.7 Å². The lowest BCUT2D eigenvalue weighted by Crippen LogP contribution is -2.69.